The molecule has 2 aromatic rings. The van der Waals surface area contributed by atoms with E-state index in [-0.39, 0.29) is 18.2 Å². The number of halogens is 2. The minimum absolute atomic E-state index is 0. The SMILES string of the molecule is CCCN(CCC)C1CCc2c(F)ccc(-c3ccco3)c2C1.Cl. The normalized spacial score (nSPS) is 16.8. The van der Waals surface area contributed by atoms with Crippen molar-refractivity contribution in [1.82, 2.24) is 4.90 Å². The molecular weight excluding hydrogens is 325 g/mol. The van der Waals surface area contributed by atoms with Gasteiger partial charge in [-0.05, 0) is 80.6 Å². The predicted molar refractivity (Wildman–Crippen MR) is 99.3 cm³/mol. The van der Waals surface area contributed by atoms with Crippen molar-refractivity contribution in [2.75, 3.05) is 13.1 Å². The first-order valence-electron chi connectivity index (χ1n) is 8.82. The molecule has 132 valence electrons. The molecule has 0 radical (unpaired) electrons. The van der Waals surface area contributed by atoms with Gasteiger partial charge in [-0.3, -0.25) is 0 Å². The van der Waals surface area contributed by atoms with Crippen LogP contribution in [0, 0.1) is 5.82 Å². The van der Waals surface area contributed by atoms with Gasteiger partial charge >= 0.3 is 0 Å². The van der Waals surface area contributed by atoms with Gasteiger partial charge in [0, 0.05) is 11.6 Å². The minimum Gasteiger partial charge on any atom is -0.464 e. The van der Waals surface area contributed by atoms with Crippen LogP contribution < -0.4 is 0 Å². The van der Waals surface area contributed by atoms with Gasteiger partial charge in [0.2, 0.25) is 0 Å². The second-order valence-electron chi connectivity index (χ2n) is 6.46. The lowest BCUT2D eigenvalue weighted by Crippen LogP contribution is -2.40. The average molecular weight is 352 g/mol. The Morgan fingerprint density at radius 1 is 1.12 bits per heavy atom. The lowest BCUT2D eigenvalue weighted by Gasteiger charge is -2.35. The van der Waals surface area contributed by atoms with E-state index in [1.165, 1.54) is 0 Å². The number of furan rings is 1. The zero-order chi connectivity index (χ0) is 16.2. The molecule has 1 unspecified atom stereocenters. The second-order valence-corrected chi connectivity index (χ2v) is 6.46. The van der Waals surface area contributed by atoms with E-state index < -0.39 is 0 Å². The number of fused-ring (bicyclic) bond motifs is 1. The predicted octanol–water partition coefficient (Wildman–Crippen LogP) is 5.49. The van der Waals surface area contributed by atoms with Crippen LogP contribution in [-0.4, -0.2) is 24.0 Å². The summed E-state index contributed by atoms with van der Waals surface area (Å²) >= 11 is 0. The Hall–Kier alpha value is -1.32. The zero-order valence-corrected chi connectivity index (χ0v) is 15.4. The molecule has 0 amide bonds. The van der Waals surface area contributed by atoms with Gasteiger partial charge in [-0.15, -0.1) is 12.4 Å². The number of hydrogen-bond donors (Lipinski definition) is 0. The first-order valence-corrected chi connectivity index (χ1v) is 8.82. The van der Waals surface area contributed by atoms with Crippen LogP contribution in [0.2, 0.25) is 0 Å². The van der Waals surface area contributed by atoms with Crippen LogP contribution in [-0.2, 0) is 12.8 Å². The van der Waals surface area contributed by atoms with Gasteiger partial charge in [0.25, 0.3) is 0 Å². The standard InChI is InChI=1S/C20H26FNO.ClH/c1-3-11-22(12-4-2)15-7-8-16-18(14-15)17(9-10-19(16)21)20-6-5-13-23-20;/h5-6,9-10,13,15H,3-4,7-8,11-12,14H2,1-2H3;1H. The van der Waals surface area contributed by atoms with Gasteiger partial charge in [-0.25, -0.2) is 4.39 Å². The molecule has 1 aliphatic carbocycles. The topological polar surface area (TPSA) is 16.4 Å². The summed E-state index contributed by atoms with van der Waals surface area (Å²) in [4.78, 5) is 2.58. The number of hydrogen-bond acceptors (Lipinski definition) is 2. The largest absolute Gasteiger partial charge is 0.464 e. The highest BCUT2D eigenvalue weighted by Crippen LogP contribution is 2.35. The van der Waals surface area contributed by atoms with Crippen molar-refractivity contribution in [1.29, 1.82) is 0 Å². The summed E-state index contributed by atoms with van der Waals surface area (Å²) in [5, 5.41) is 0. The number of nitrogens with zero attached hydrogens (tertiary/aromatic N) is 1. The lowest BCUT2D eigenvalue weighted by molar-refractivity contribution is 0.179. The number of rotatable bonds is 6. The third-order valence-electron chi connectivity index (χ3n) is 4.87. The lowest BCUT2D eigenvalue weighted by atomic mass is 9.83. The molecule has 0 spiro atoms. The Balaban J connectivity index is 0.00000208. The van der Waals surface area contributed by atoms with Gasteiger partial charge in [0.1, 0.15) is 11.6 Å². The van der Waals surface area contributed by atoms with Crippen LogP contribution in [0.25, 0.3) is 11.3 Å². The van der Waals surface area contributed by atoms with E-state index in [4.69, 9.17) is 4.42 Å². The molecule has 0 saturated heterocycles. The maximum atomic E-state index is 14.3. The Kier molecular flexibility index (Phi) is 6.88. The summed E-state index contributed by atoms with van der Waals surface area (Å²) in [6, 6.07) is 7.84. The van der Waals surface area contributed by atoms with Crippen molar-refractivity contribution in [3.05, 3.63) is 47.5 Å². The Morgan fingerprint density at radius 2 is 1.88 bits per heavy atom. The minimum atomic E-state index is -0.0636. The molecular formula is C20H27ClFNO. The maximum Gasteiger partial charge on any atom is 0.134 e. The third-order valence-corrected chi connectivity index (χ3v) is 4.87. The number of benzene rings is 1. The molecule has 4 heteroatoms. The van der Waals surface area contributed by atoms with E-state index in [1.54, 1.807) is 12.3 Å². The fraction of sp³-hybridized carbons (Fsp3) is 0.500. The van der Waals surface area contributed by atoms with Crippen molar-refractivity contribution in [3.8, 4) is 11.3 Å². The summed E-state index contributed by atoms with van der Waals surface area (Å²) in [6.07, 6.45) is 6.81. The second kappa shape index (κ2) is 8.68. The molecule has 0 aliphatic heterocycles. The molecule has 3 rings (SSSR count). The third kappa shape index (κ3) is 3.84. The van der Waals surface area contributed by atoms with Gasteiger partial charge in [0.05, 0.1) is 6.26 Å². The van der Waals surface area contributed by atoms with Crippen LogP contribution in [0.1, 0.15) is 44.2 Å². The van der Waals surface area contributed by atoms with Crippen molar-refractivity contribution >= 4 is 12.4 Å². The van der Waals surface area contributed by atoms with Crippen molar-refractivity contribution in [3.63, 3.8) is 0 Å². The van der Waals surface area contributed by atoms with E-state index in [0.29, 0.717) is 6.04 Å². The van der Waals surface area contributed by atoms with E-state index in [1.807, 2.05) is 18.2 Å². The van der Waals surface area contributed by atoms with Crippen LogP contribution in [0.4, 0.5) is 4.39 Å². The molecule has 1 heterocycles. The van der Waals surface area contributed by atoms with Gasteiger partial charge in [-0.1, -0.05) is 13.8 Å². The fourth-order valence-electron chi connectivity index (χ4n) is 3.84. The summed E-state index contributed by atoms with van der Waals surface area (Å²) in [6.45, 7) is 6.71. The molecule has 24 heavy (non-hydrogen) atoms. The molecule has 0 N–H and O–H groups in total. The molecule has 1 aromatic heterocycles. The van der Waals surface area contributed by atoms with Gasteiger partial charge in [0.15, 0.2) is 0 Å². The van der Waals surface area contributed by atoms with Gasteiger partial charge in [-0.2, -0.15) is 0 Å². The fourth-order valence-corrected chi connectivity index (χ4v) is 3.84. The van der Waals surface area contributed by atoms with E-state index >= 15 is 0 Å². The van der Waals surface area contributed by atoms with Crippen molar-refractivity contribution < 1.29 is 8.81 Å². The van der Waals surface area contributed by atoms with Gasteiger partial charge < -0.3 is 9.32 Å². The Morgan fingerprint density at radius 3 is 2.50 bits per heavy atom. The summed E-state index contributed by atoms with van der Waals surface area (Å²) < 4.78 is 19.9. The highest BCUT2D eigenvalue weighted by molar-refractivity contribution is 5.85. The van der Waals surface area contributed by atoms with E-state index in [0.717, 1.165) is 67.6 Å². The quantitative estimate of drug-likeness (QED) is 0.684. The Bertz CT molecular complexity index is 635. The monoisotopic (exact) mass is 351 g/mol. The molecule has 0 bridgehead atoms. The summed E-state index contributed by atoms with van der Waals surface area (Å²) in [7, 11) is 0. The van der Waals surface area contributed by atoms with E-state index in [9.17, 15) is 4.39 Å². The van der Waals surface area contributed by atoms with Crippen molar-refractivity contribution in [2.45, 2.75) is 52.0 Å². The van der Waals surface area contributed by atoms with E-state index in [2.05, 4.69) is 18.7 Å². The highest BCUT2D eigenvalue weighted by Gasteiger charge is 2.27. The van der Waals surface area contributed by atoms with Crippen LogP contribution in [0.3, 0.4) is 0 Å². The smallest absolute Gasteiger partial charge is 0.134 e. The first-order chi connectivity index (χ1) is 11.2. The maximum absolute atomic E-state index is 14.3. The first kappa shape index (κ1) is 19.0. The van der Waals surface area contributed by atoms with Crippen LogP contribution in [0.5, 0.6) is 0 Å². The highest BCUT2D eigenvalue weighted by atomic mass is 35.5. The molecule has 1 aromatic carbocycles. The average Bonchev–Trinajstić information content (AvgIpc) is 3.09. The molecule has 2 nitrogen and oxygen atoms in total. The Labute approximate surface area is 150 Å². The zero-order valence-electron chi connectivity index (χ0n) is 14.6. The summed E-state index contributed by atoms with van der Waals surface area (Å²) in [5.41, 5.74) is 3.10. The molecule has 0 fully saturated rings. The molecule has 1 atom stereocenters. The van der Waals surface area contributed by atoms with Crippen LogP contribution >= 0.6 is 12.4 Å². The van der Waals surface area contributed by atoms with Crippen LogP contribution in [0.15, 0.2) is 34.9 Å². The summed E-state index contributed by atoms with van der Waals surface area (Å²) in [5.74, 6) is 0.783. The molecule has 0 saturated carbocycles. The van der Waals surface area contributed by atoms with Crippen molar-refractivity contribution in [2.24, 2.45) is 0 Å². The molecule has 1 aliphatic rings.